The highest BCUT2D eigenvalue weighted by atomic mass is 32.1. The lowest BCUT2D eigenvalue weighted by Crippen LogP contribution is -2.12. The summed E-state index contributed by atoms with van der Waals surface area (Å²) in [4.78, 5) is 17.5. The van der Waals surface area contributed by atoms with E-state index in [-0.39, 0.29) is 12.7 Å². The molecule has 35 heavy (non-hydrogen) atoms. The van der Waals surface area contributed by atoms with Crippen LogP contribution in [-0.2, 0) is 6.61 Å². The second-order valence-corrected chi connectivity index (χ2v) is 8.40. The summed E-state index contributed by atoms with van der Waals surface area (Å²) in [5.74, 6) is 2.25. The van der Waals surface area contributed by atoms with Gasteiger partial charge in [-0.3, -0.25) is 10.1 Å². The number of carbonyl (C=O) groups excluding carboxylic acids is 1. The van der Waals surface area contributed by atoms with Crippen LogP contribution < -0.4 is 29.0 Å². The number of rotatable bonds is 8. The van der Waals surface area contributed by atoms with E-state index >= 15 is 0 Å². The second-order valence-electron chi connectivity index (χ2n) is 7.54. The summed E-state index contributed by atoms with van der Waals surface area (Å²) in [6.45, 7) is 0.543. The monoisotopic (exact) mass is 490 g/mol. The van der Waals surface area contributed by atoms with E-state index in [1.807, 2.05) is 53.9 Å². The van der Waals surface area contributed by atoms with Crippen LogP contribution in [0.5, 0.6) is 28.7 Å². The van der Waals surface area contributed by atoms with Crippen LogP contribution in [0.3, 0.4) is 0 Å². The lowest BCUT2D eigenvalue weighted by atomic mass is 10.1. The number of thiazole rings is 1. The molecule has 1 N–H and O–H groups in total. The van der Waals surface area contributed by atoms with Gasteiger partial charge in [-0.05, 0) is 35.9 Å². The van der Waals surface area contributed by atoms with E-state index in [4.69, 9.17) is 23.7 Å². The number of methoxy groups -OCH3 is 2. The SMILES string of the molecule is COc1cc(C(=O)Nc2nc(-c3ccc4c(c3)OCO4)cs2)cc(OC)c1OCc1ccccc1. The molecule has 1 aromatic heterocycles. The highest BCUT2D eigenvalue weighted by Crippen LogP contribution is 2.40. The van der Waals surface area contributed by atoms with Crippen LogP contribution in [0.1, 0.15) is 15.9 Å². The van der Waals surface area contributed by atoms with Crippen LogP contribution in [0, 0.1) is 0 Å². The summed E-state index contributed by atoms with van der Waals surface area (Å²) < 4.78 is 27.7. The number of nitrogens with zero attached hydrogens (tertiary/aromatic N) is 1. The maximum atomic E-state index is 13.0. The Labute approximate surface area is 206 Å². The average molecular weight is 491 g/mol. The zero-order chi connectivity index (χ0) is 24.2. The lowest BCUT2D eigenvalue weighted by Gasteiger charge is -2.16. The Hall–Kier alpha value is -4.24. The molecule has 178 valence electrons. The number of hydrogen-bond acceptors (Lipinski definition) is 8. The fourth-order valence-corrected chi connectivity index (χ4v) is 4.29. The molecule has 0 bridgehead atoms. The Morgan fingerprint density at radius 3 is 2.49 bits per heavy atom. The number of aromatic nitrogens is 1. The number of benzene rings is 3. The minimum atomic E-state index is -0.345. The minimum absolute atomic E-state index is 0.209. The van der Waals surface area contributed by atoms with Crippen LogP contribution in [0.4, 0.5) is 5.13 Å². The quantitative estimate of drug-likeness (QED) is 0.354. The summed E-state index contributed by atoms with van der Waals surface area (Å²) in [5, 5.41) is 5.17. The maximum absolute atomic E-state index is 13.0. The van der Waals surface area contributed by atoms with E-state index < -0.39 is 0 Å². The minimum Gasteiger partial charge on any atom is -0.493 e. The van der Waals surface area contributed by atoms with E-state index in [9.17, 15) is 4.79 Å². The molecule has 0 unspecified atom stereocenters. The number of anilines is 1. The van der Waals surface area contributed by atoms with E-state index in [0.29, 0.717) is 46.0 Å². The van der Waals surface area contributed by atoms with Crippen molar-refractivity contribution in [2.45, 2.75) is 6.61 Å². The first-order valence-electron chi connectivity index (χ1n) is 10.7. The van der Waals surface area contributed by atoms with E-state index in [1.54, 1.807) is 12.1 Å². The van der Waals surface area contributed by atoms with Gasteiger partial charge in [0.2, 0.25) is 12.5 Å². The highest BCUT2D eigenvalue weighted by Gasteiger charge is 2.20. The van der Waals surface area contributed by atoms with E-state index in [2.05, 4.69) is 10.3 Å². The molecule has 0 saturated carbocycles. The van der Waals surface area contributed by atoms with Gasteiger partial charge in [0.15, 0.2) is 28.1 Å². The Morgan fingerprint density at radius 1 is 1.00 bits per heavy atom. The van der Waals surface area contributed by atoms with Crippen molar-refractivity contribution in [3.8, 4) is 40.0 Å². The molecule has 1 amide bonds. The lowest BCUT2D eigenvalue weighted by molar-refractivity contribution is 0.102. The van der Waals surface area contributed by atoms with Crippen molar-refractivity contribution in [2.75, 3.05) is 26.3 Å². The number of amides is 1. The predicted octanol–water partition coefficient (Wildman–Crippen LogP) is 5.39. The average Bonchev–Trinajstić information content (AvgIpc) is 3.56. The number of fused-ring (bicyclic) bond motifs is 1. The largest absolute Gasteiger partial charge is 0.493 e. The zero-order valence-corrected chi connectivity index (χ0v) is 19.9. The molecule has 0 spiro atoms. The van der Waals surface area contributed by atoms with Crippen LogP contribution in [0.15, 0.2) is 66.0 Å². The summed E-state index contributed by atoms with van der Waals surface area (Å²) in [6, 6.07) is 18.6. The third-order valence-electron chi connectivity index (χ3n) is 5.34. The molecule has 5 rings (SSSR count). The van der Waals surface area contributed by atoms with Crippen molar-refractivity contribution in [1.82, 2.24) is 4.98 Å². The highest BCUT2D eigenvalue weighted by molar-refractivity contribution is 7.14. The van der Waals surface area contributed by atoms with Gasteiger partial charge in [0.05, 0.1) is 19.9 Å². The molecule has 9 heteroatoms. The predicted molar refractivity (Wildman–Crippen MR) is 132 cm³/mol. The molecule has 2 heterocycles. The van der Waals surface area contributed by atoms with Crippen LogP contribution in [0.2, 0.25) is 0 Å². The molecular formula is C26H22N2O6S. The van der Waals surface area contributed by atoms with Gasteiger partial charge in [0.25, 0.3) is 5.91 Å². The van der Waals surface area contributed by atoms with Crippen LogP contribution >= 0.6 is 11.3 Å². The molecular weight excluding hydrogens is 468 g/mol. The molecule has 0 aliphatic carbocycles. The first-order valence-corrected chi connectivity index (χ1v) is 11.6. The van der Waals surface area contributed by atoms with Crippen LogP contribution in [-0.4, -0.2) is 31.9 Å². The molecule has 1 aliphatic rings. The smallest absolute Gasteiger partial charge is 0.257 e. The number of nitrogens with one attached hydrogen (secondary N) is 1. The molecule has 8 nitrogen and oxygen atoms in total. The van der Waals surface area contributed by atoms with Crippen molar-refractivity contribution >= 4 is 22.4 Å². The Kier molecular flexibility index (Phi) is 6.40. The second kappa shape index (κ2) is 9.94. The summed E-state index contributed by atoms with van der Waals surface area (Å²) in [5.41, 5.74) is 2.95. The molecule has 0 atom stereocenters. The molecule has 0 radical (unpaired) electrons. The normalized spacial score (nSPS) is 11.7. The van der Waals surface area contributed by atoms with Gasteiger partial charge in [-0.15, -0.1) is 11.3 Å². The fraction of sp³-hybridized carbons (Fsp3) is 0.154. The number of carbonyl (C=O) groups is 1. The van der Waals surface area contributed by atoms with Crippen molar-refractivity contribution in [3.05, 3.63) is 77.2 Å². The van der Waals surface area contributed by atoms with E-state index in [0.717, 1.165) is 16.8 Å². The molecule has 1 aliphatic heterocycles. The van der Waals surface area contributed by atoms with Gasteiger partial charge in [-0.2, -0.15) is 0 Å². The third kappa shape index (κ3) is 4.85. The summed E-state index contributed by atoms with van der Waals surface area (Å²) in [6.07, 6.45) is 0. The standard InChI is InChI=1S/C26H22N2O6S/c1-30-22-11-18(12-23(31-2)24(22)32-13-16-6-4-3-5-7-16)25(29)28-26-27-19(14-35-26)17-8-9-20-21(10-17)34-15-33-20/h3-12,14H,13,15H2,1-2H3,(H,27,28,29). The topological polar surface area (TPSA) is 88.1 Å². The van der Waals surface area contributed by atoms with Gasteiger partial charge in [0, 0.05) is 16.5 Å². The van der Waals surface area contributed by atoms with Crippen molar-refractivity contribution in [2.24, 2.45) is 0 Å². The van der Waals surface area contributed by atoms with Gasteiger partial charge in [-0.25, -0.2) is 4.98 Å². The first kappa shape index (κ1) is 22.5. The van der Waals surface area contributed by atoms with Gasteiger partial charge in [-0.1, -0.05) is 30.3 Å². The van der Waals surface area contributed by atoms with Gasteiger partial charge in [0.1, 0.15) is 6.61 Å². The molecule has 3 aromatic carbocycles. The number of ether oxygens (including phenoxy) is 5. The van der Waals surface area contributed by atoms with Crippen LogP contribution in [0.25, 0.3) is 11.3 Å². The molecule has 0 saturated heterocycles. The van der Waals surface area contributed by atoms with Crippen molar-refractivity contribution < 1.29 is 28.5 Å². The van der Waals surface area contributed by atoms with Crippen molar-refractivity contribution in [3.63, 3.8) is 0 Å². The Balaban J connectivity index is 1.33. The molecule has 0 fully saturated rings. The Morgan fingerprint density at radius 2 is 1.74 bits per heavy atom. The first-order chi connectivity index (χ1) is 17.1. The Bertz CT molecular complexity index is 1330. The maximum Gasteiger partial charge on any atom is 0.257 e. The fourth-order valence-electron chi connectivity index (χ4n) is 3.57. The molecule has 4 aromatic rings. The summed E-state index contributed by atoms with van der Waals surface area (Å²) in [7, 11) is 3.04. The van der Waals surface area contributed by atoms with Crippen molar-refractivity contribution in [1.29, 1.82) is 0 Å². The summed E-state index contributed by atoms with van der Waals surface area (Å²) >= 11 is 1.33. The van der Waals surface area contributed by atoms with E-state index in [1.165, 1.54) is 25.6 Å². The number of hydrogen-bond donors (Lipinski definition) is 1. The van der Waals surface area contributed by atoms with Gasteiger partial charge >= 0.3 is 0 Å². The van der Waals surface area contributed by atoms with Gasteiger partial charge < -0.3 is 23.7 Å². The third-order valence-corrected chi connectivity index (χ3v) is 6.10. The zero-order valence-electron chi connectivity index (χ0n) is 19.1.